The Morgan fingerprint density at radius 3 is 2.92 bits per heavy atom. The first-order valence-corrected chi connectivity index (χ1v) is 8.18. The molecule has 132 valence electrons. The van der Waals surface area contributed by atoms with Crippen LogP contribution in [-0.4, -0.2) is 34.2 Å². The second-order valence-corrected chi connectivity index (χ2v) is 5.47. The van der Waals surface area contributed by atoms with E-state index in [9.17, 15) is 4.79 Å². The van der Waals surface area contributed by atoms with Crippen molar-refractivity contribution in [2.24, 2.45) is 5.10 Å². The van der Waals surface area contributed by atoms with Crippen molar-refractivity contribution in [1.29, 1.82) is 0 Å². The van der Waals surface area contributed by atoms with E-state index in [2.05, 4.69) is 20.8 Å². The van der Waals surface area contributed by atoms with Gasteiger partial charge in [-0.25, -0.2) is 10.1 Å². The molecule has 0 atom stereocenters. The zero-order valence-corrected chi connectivity index (χ0v) is 14.4. The Bertz CT molecular complexity index is 946. The normalized spacial score (nSPS) is 11.4. The molecular weight excluding hydrogens is 330 g/mol. The van der Waals surface area contributed by atoms with Crippen LogP contribution in [0.3, 0.4) is 0 Å². The highest BCUT2D eigenvalue weighted by atomic mass is 16.5. The van der Waals surface area contributed by atoms with Gasteiger partial charge in [0.2, 0.25) is 5.91 Å². The van der Waals surface area contributed by atoms with Gasteiger partial charge in [-0.05, 0) is 30.4 Å². The molecule has 1 N–H and O–H groups in total. The number of allylic oxidation sites excluding steroid dienone is 1. The number of amides is 1. The molecule has 0 fully saturated rings. The number of hydrazone groups is 1. The number of methoxy groups -OCH3 is 1. The Morgan fingerprint density at radius 1 is 1.23 bits per heavy atom. The van der Waals surface area contributed by atoms with Crippen molar-refractivity contribution in [3.05, 3.63) is 60.2 Å². The average molecular weight is 349 g/mol. The summed E-state index contributed by atoms with van der Waals surface area (Å²) < 4.78 is 6.97. The molecule has 3 aromatic rings. The van der Waals surface area contributed by atoms with Crippen LogP contribution in [0.2, 0.25) is 0 Å². The summed E-state index contributed by atoms with van der Waals surface area (Å²) in [4.78, 5) is 11.9. The number of nitrogens with zero attached hydrogens (tertiary/aromatic N) is 4. The summed E-state index contributed by atoms with van der Waals surface area (Å²) in [6.45, 7) is 0.443. The molecule has 1 aromatic heterocycles. The lowest BCUT2D eigenvalue weighted by molar-refractivity contribution is -0.121. The minimum Gasteiger partial charge on any atom is -0.496 e. The van der Waals surface area contributed by atoms with E-state index >= 15 is 0 Å². The summed E-state index contributed by atoms with van der Waals surface area (Å²) >= 11 is 0. The number of carbonyl (C=O) groups excluding carboxylic acids is 1. The molecule has 3 rings (SSSR count). The van der Waals surface area contributed by atoms with Crippen molar-refractivity contribution in [3.8, 4) is 5.75 Å². The summed E-state index contributed by atoms with van der Waals surface area (Å²) in [5.74, 6) is 0.591. The van der Waals surface area contributed by atoms with Crippen LogP contribution in [-0.2, 0) is 11.3 Å². The molecule has 2 aromatic carbocycles. The Kier molecular flexibility index (Phi) is 5.72. The maximum atomic E-state index is 11.9. The summed E-state index contributed by atoms with van der Waals surface area (Å²) in [6.07, 6.45) is 5.38. The quantitative estimate of drug-likeness (QED) is 0.525. The second-order valence-electron chi connectivity index (χ2n) is 5.47. The first-order valence-electron chi connectivity index (χ1n) is 8.18. The molecule has 0 spiro atoms. The van der Waals surface area contributed by atoms with Crippen LogP contribution in [0.25, 0.3) is 17.1 Å². The number of para-hydroxylation sites is 2. The van der Waals surface area contributed by atoms with E-state index in [4.69, 9.17) is 4.74 Å². The van der Waals surface area contributed by atoms with Gasteiger partial charge in [0.15, 0.2) is 0 Å². The predicted molar refractivity (Wildman–Crippen MR) is 101 cm³/mol. The first kappa shape index (κ1) is 17.3. The van der Waals surface area contributed by atoms with Gasteiger partial charge in [0.1, 0.15) is 11.3 Å². The van der Waals surface area contributed by atoms with Gasteiger partial charge in [-0.1, -0.05) is 35.5 Å². The lowest BCUT2D eigenvalue weighted by Gasteiger charge is -2.02. The van der Waals surface area contributed by atoms with E-state index < -0.39 is 0 Å². The van der Waals surface area contributed by atoms with Crippen LogP contribution in [0, 0.1) is 0 Å². The van der Waals surface area contributed by atoms with Crippen LogP contribution in [0.15, 0.2) is 59.7 Å². The van der Waals surface area contributed by atoms with Gasteiger partial charge in [-0.2, -0.15) is 5.10 Å². The predicted octanol–water partition coefficient (Wildman–Crippen LogP) is 2.65. The number of hydrogen-bond donors (Lipinski definition) is 1. The van der Waals surface area contributed by atoms with E-state index in [0.717, 1.165) is 22.3 Å². The number of carbonyl (C=O) groups is 1. The fourth-order valence-corrected chi connectivity index (χ4v) is 2.45. The number of ether oxygens (including phenoxy) is 1. The van der Waals surface area contributed by atoms with E-state index in [1.54, 1.807) is 17.9 Å². The summed E-state index contributed by atoms with van der Waals surface area (Å²) in [5.41, 5.74) is 5.15. The zero-order valence-electron chi connectivity index (χ0n) is 14.4. The molecule has 0 bridgehead atoms. The Balaban J connectivity index is 1.48. The third-order valence-corrected chi connectivity index (χ3v) is 3.74. The van der Waals surface area contributed by atoms with Crippen LogP contribution < -0.4 is 10.2 Å². The standard InChI is InChI=1S/C19H19N5O2/c1-26-18-11-5-2-7-15(18)8-6-13-20-22-19(25)12-14-24-17-10-4-3-9-16(17)21-23-24/h2-11,13H,12,14H2,1H3,(H,22,25)/b8-6-,20-13-. The minimum atomic E-state index is -0.188. The maximum absolute atomic E-state index is 11.9. The number of rotatable bonds is 7. The molecule has 26 heavy (non-hydrogen) atoms. The van der Waals surface area contributed by atoms with E-state index in [1.165, 1.54) is 6.21 Å². The van der Waals surface area contributed by atoms with Gasteiger partial charge in [-0.3, -0.25) is 4.79 Å². The molecule has 7 heteroatoms. The fourth-order valence-electron chi connectivity index (χ4n) is 2.45. The van der Waals surface area contributed by atoms with E-state index in [0.29, 0.717) is 6.54 Å². The largest absolute Gasteiger partial charge is 0.496 e. The van der Waals surface area contributed by atoms with Crippen molar-refractivity contribution in [2.45, 2.75) is 13.0 Å². The van der Waals surface area contributed by atoms with Crippen LogP contribution >= 0.6 is 0 Å². The number of aromatic nitrogens is 3. The van der Waals surface area contributed by atoms with Gasteiger partial charge in [0.25, 0.3) is 0 Å². The lowest BCUT2D eigenvalue weighted by Crippen LogP contribution is -2.19. The smallest absolute Gasteiger partial charge is 0.241 e. The second kappa shape index (κ2) is 8.57. The molecular formula is C19H19N5O2. The Hall–Kier alpha value is -3.48. The fraction of sp³-hybridized carbons (Fsp3) is 0.158. The monoisotopic (exact) mass is 349 g/mol. The number of benzene rings is 2. The molecule has 0 aliphatic heterocycles. The number of nitrogens with one attached hydrogen (secondary N) is 1. The molecule has 0 radical (unpaired) electrons. The Morgan fingerprint density at radius 2 is 2.04 bits per heavy atom. The summed E-state index contributed by atoms with van der Waals surface area (Å²) in [5, 5.41) is 12.0. The molecule has 1 amide bonds. The van der Waals surface area contributed by atoms with E-state index in [1.807, 2.05) is 54.6 Å². The molecule has 0 saturated carbocycles. The third kappa shape index (κ3) is 4.32. The van der Waals surface area contributed by atoms with Crippen LogP contribution in [0.1, 0.15) is 12.0 Å². The minimum absolute atomic E-state index is 0.188. The van der Waals surface area contributed by atoms with Gasteiger partial charge < -0.3 is 4.74 Å². The Labute approximate surface area is 151 Å². The van der Waals surface area contributed by atoms with Crippen molar-refractivity contribution in [2.75, 3.05) is 7.11 Å². The molecule has 1 heterocycles. The molecule has 0 saturated heterocycles. The van der Waals surface area contributed by atoms with Crippen molar-refractivity contribution < 1.29 is 9.53 Å². The van der Waals surface area contributed by atoms with Crippen molar-refractivity contribution in [3.63, 3.8) is 0 Å². The van der Waals surface area contributed by atoms with E-state index in [-0.39, 0.29) is 12.3 Å². The van der Waals surface area contributed by atoms with Gasteiger partial charge >= 0.3 is 0 Å². The van der Waals surface area contributed by atoms with Gasteiger partial charge in [0, 0.05) is 18.2 Å². The average Bonchev–Trinajstić information content (AvgIpc) is 3.09. The zero-order chi connectivity index (χ0) is 18.2. The van der Waals surface area contributed by atoms with Crippen molar-refractivity contribution in [1.82, 2.24) is 20.4 Å². The van der Waals surface area contributed by atoms with Gasteiger partial charge in [-0.15, -0.1) is 5.10 Å². The topological polar surface area (TPSA) is 81.4 Å². The molecule has 0 unspecified atom stereocenters. The molecule has 7 nitrogen and oxygen atoms in total. The molecule has 0 aliphatic carbocycles. The number of fused-ring (bicyclic) bond motifs is 1. The molecule has 0 aliphatic rings. The van der Waals surface area contributed by atoms with Gasteiger partial charge in [0.05, 0.1) is 19.2 Å². The van der Waals surface area contributed by atoms with Crippen LogP contribution in [0.4, 0.5) is 0 Å². The third-order valence-electron chi connectivity index (χ3n) is 3.74. The number of aryl methyl sites for hydroxylation is 1. The highest BCUT2D eigenvalue weighted by Crippen LogP contribution is 2.18. The first-order chi connectivity index (χ1) is 12.8. The number of hydrogen-bond acceptors (Lipinski definition) is 5. The highest BCUT2D eigenvalue weighted by Gasteiger charge is 2.05. The summed E-state index contributed by atoms with van der Waals surface area (Å²) in [7, 11) is 1.62. The lowest BCUT2D eigenvalue weighted by atomic mass is 10.2. The van der Waals surface area contributed by atoms with Crippen molar-refractivity contribution >= 4 is 29.2 Å². The maximum Gasteiger partial charge on any atom is 0.241 e. The SMILES string of the molecule is COc1ccccc1/C=C\C=N/NC(=O)CCn1nnc2ccccc21. The highest BCUT2D eigenvalue weighted by molar-refractivity contribution is 5.82. The summed E-state index contributed by atoms with van der Waals surface area (Å²) in [6, 6.07) is 15.3. The van der Waals surface area contributed by atoms with Crippen LogP contribution in [0.5, 0.6) is 5.75 Å².